The predicted molar refractivity (Wildman–Crippen MR) is 119 cm³/mol. The average molecular weight is 524 g/mol. The summed E-state index contributed by atoms with van der Waals surface area (Å²) in [6, 6.07) is 3.82. The van der Waals surface area contributed by atoms with Crippen molar-refractivity contribution in [3.05, 3.63) is 52.7 Å². The molecule has 2 aliphatic heterocycles. The van der Waals surface area contributed by atoms with Crippen LogP contribution < -0.4 is 5.32 Å². The summed E-state index contributed by atoms with van der Waals surface area (Å²) in [5.74, 6) is -4.04. The first-order valence-corrected chi connectivity index (χ1v) is 12.1. The van der Waals surface area contributed by atoms with Crippen LogP contribution in [0.25, 0.3) is 0 Å². The third-order valence-electron chi connectivity index (χ3n) is 5.17. The quantitative estimate of drug-likeness (QED) is 0.222. The van der Waals surface area contributed by atoms with Crippen molar-refractivity contribution in [2.75, 3.05) is 11.5 Å². The first-order valence-electron chi connectivity index (χ1n) is 10.1. The van der Waals surface area contributed by atoms with Crippen molar-refractivity contribution < 1.29 is 38.9 Å². The van der Waals surface area contributed by atoms with Crippen LogP contribution in [-0.2, 0) is 25.6 Å². The van der Waals surface area contributed by atoms with E-state index in [1.54, 1.807) is 0 Å². The lowest BCUT2D eigenvalue weighted by atomic mass is 10.0. The minimum absolute atomic E-state index is 0.0198. The molecule has 2 aliphatic rings. The molecule has 2 amide bonds. The molecule has 184 valence electrons. The second kappa shape index (κ2) is 10.1. The summed E-state index contributed by atoms with van der Waals surface area (Å²) in [6.07, 6.45) is -2.03. The van der Waals surface area contributed by atoms with Gasteiger partial charge in [-0.1, -0.05) is 23.9 Å². The van der Waals surface area contributed by atoms with Crippen LogP contribution >= 0.6 is 23.5 Å². The SMILES string of the molecule is O=C(O)Cc1nc(SCC2=C(C(=O)O)N3C(=O)C(NC(=O)C(O)c4cccc(F)c4)[C@@H]3SC2)n[nH]1. The maximum atomic E-state index is 13.4. The van der Waals surface area contributed by atoms with Crippen molar-refractivity contribution in [2.24, 2.45) is 0 Å². The molecule has 1 aromatic carbocycles. The van der Waals surface area contributed by atoms with E-state index in [9.17, 15) is 33.8 Å². The van der Waals surface area contributed by atoms with E-state index in [1.165, 1.54) is 23.9 Å². The number of β-lactam (4-membered cyclic amide) rings is 1. The molecule has 0 radical (unpaired) electrons. The molecule has 0 saturated carbocycles. The van der Waals surface area contributed by atoms with Crippen molar-refractivity contribution in [3.63, 3.8) is 0 Å². The molecular weight excluding hydrogens is 505 g/mol. The lowest BCUT2D eigenvalue weighted by molar-refractivity contribution is -0.151. The number of carbonyl (C=O) groups is 4. The number of hydrogen-bond acceptors (Lipinski definition) is 9. The smallest absolute Gasteiger partial charge is 0.352 e. The number of rotatable bonds is 9. The molecule has 0 aliphatic carbocycles. The number of nitrogens with zero attached hydrogens (tertiary/aromatic N) is 3. The summed E-state index contributed by atoms with van der Waals surface area (Å²) >= 11 is 2.33. The van der Waals surface area contributed by atoms with Gasteiger partial charge in [0.15, 0.2) is 6.10 Å². The number of nitrogens with one attached hydrogen (secondary N) is 2. The fourth-order valence-electron chi connectivity index (χ4n) is 3.57. The first kappa shape index (κ1) is 24.7. The molecule has 3 atom stereocenters. The van der Waals surface area contributed by atoms with Crippen molar-refractivity contribution in [3.8, 4) is 0 Å². The van der Waals surface area contributed by atoms with Gasteiger partial charge in [-0.15, -0.1) is 16.9 Å². The standard InChI is InChI=1S/C20H18FN5O7S2/c21-10-3-1-2-8(4-10)15(29)16(30)23-13-17(31)26-14(19(32)33)9(6-34-18(13)26)7-35-20-22-11(24-25-20)5-12(27)28/h1-4,13,15,18,29H,5-7H2,(H,23,30)(H,27,28)(H,32,33)(H,22,24,25)/t13?,15?,18-/m0/s1. The lowest BCUT2D eigenvalue weighted by Crippen LogP contribution is -2.70. The molecule has 15 heteroatoms. The van der Waals surface area contributed by atoms with Gasteiger partial charge in [-0.25, -0.2) is 14.2 Å². The molecular formula is C20H18FN5O7S2. The lowest BCUT2D eigenvalue weighted by Gasteiger charge is -2.49. The maximum Gasteiger partial charge on any atom is 0.352 e. The largest absolute Gasteiger partial charge is 0.481 e. The summed E-state index contributed by atoms with van der Waals surface area (Å²) in [4.78, 5) is 53.0. The number of aromatic amines is 1. The molecule has 35 heavy (non-hydrogen) atoms. The number of carboxylic acids is 2. The van der Waals surface area contributed by atoms with Gasteiger partial charge in [-0.05, 0) is 23.3 Å². The van der Waals surface area contributed by atoms with Gasteiger partial charge in [0.05, 0.1) is 0 Å². The van der Waals surface area contributed by atoms with Crippen LogP contribution in [-0.4, -0.2) is 82.1 Å². The van der Waals surface area contributed by atoms with Crippen molar-refractivity contribution in [1.82, 2.24) is 25.4 Å². The van der Waals surface area contributed by atoms with E-state index in [2.05, 4.69) is 20.5 Å². The zero-order chi connectivity index (χ0) is 25.3. The van der Waals surface area contributed by atoms with E-state index in [0.717, 1.165) is 28.8 Å². The molecule has 3 heterocycles. The number of aromatic nitrogens is 3. The van der Waals surface area contributed by atoms with Crippen LogP contribution in [0.3, 0.4) is 0 Å². The van der Waals surface area contributed by atoms with Crippen molar-refractivity contribution >= 4 is 47.3 Å². The Morgan fingerprint density at radius 3 is 2.80 bits per heavy atom. The zero-order valence-corrected chi connectivity index (χ0v) is 19.3. The Morgan fingerprint density at radius 2 is 2.11 bits per heavy atom. The molecule has 1 aromatic heterocycles. The number of carbonyl (C=O) groups excluding carboxylic acids is 2. The topological polar surface area (TPSA) is 186 Å². The van der Waals surface area contributed by atoms with Gasteiger partial charge in [0.25, 0.3) is 11.8 Å². The number of carboxylic acid groups (broad SMARTS) is 2. The van der Waals surface area contributed by atoms with Gasteiger partial charge in [0.2, 0.25) is 5.16 Å². The second-order valence-electron chi connectivity index (χ2n) is 7.53. The Hall–Kier alpha value is -3.43. The first-order chi connectivity index (χ1) is 16.7. The highest BCUT2D eigenvalue weighted by molar-refractivity contribution is 8.01. The van der Waals surface area contributed by atoms with Gasteiger partial charge >= 0.3 is 11.9 Å². The predicted octanol–water partition coefficient (Wildman–Crippen LogP) is 0.135. The fraction of sp³-hybridized carbons (Fsp3) is 0.300. The number of aliphatic hydroxyl groups is 1. The van der Waals surface area contributed by atoms with Gasteiger partial charge in [0.1, 0.15) is 35.2 Å². The Balaban J connectivity index is 1.43. The van der Waals surface area contributed by atoms with Crippen LogP contribution in [0.4, 0.5) is 4.39 Å². The number of thioether (sulfide) groups is 2. The number of halogens is 1. The van der Waals surface area contributed by atoms with Crippen LogP contribution in [0.5, 0.6) is 0 Å². The molecule has 1 saturated heterocycles. The average Bonchev–Trinajstić information content (AvgIpc) is 3.26. The normalized spacial score (nSPS) is 20.2. The summed E-state index contributed by atoms with van der Waals surface area (Å²) in [7, 11) is 0. The molecule has 2 aromatic rings. The summed E-state index contributed by atoms with van der Waals surface area (Å²) in [5, 5.41) is 37.1. The van der Waals surface area contributed by atoms with E-state index in [-0.39, 0.29) is 40.2 Å². The van der Waals surface area contributed by atoms with E-state index >= 15 is 0 Å². The second-order valence-corrected chi connectivity index (χ2v) is 9.58. The molecule has 2 unspecified atom stereocenters. The number of benzene rings is 1. The molecule has 12 nitrogen and oxygen atoms in total. The summed E-state index contributed by atoms with van der Waals surface area (Å²) < 4.78 is 13.4. The maximum absolute atomic E-state index is 13.4. The summed E-state index contributed by atoms with van der Waals surface area (Å²) in [6.45, 7) is 0. The molecule has 1 fully saturated rings. The minimum Gasteiger partial charge on any atom is -0.481 e. The Labute approximate surface area is 205 Å². The molecule has 0 bridgehead atoms. The summed E-state index contributed by atoms with van der Waals surface area (Å²) in [5.41, 5.74) is 0.251. The highest BCUT2D eigenvalue weighted by Gasteiger charge is 2.54. The highest BCUT2D eigenvalue weighted by Crippen LogP contribution is 2.41. The van der Waals surface area contributed by atoms with Crippen LogP contribution in [0.15, 0.2) is 40.7 Å². The number of aliphatic carboxylic acids is 2. The fourth-order valence-corrected chi connectivity index (χ4v) is 5.87. The number of amides is 2. The highest BCUT2D eigenvalue weighted by atomic mass is 32.2. The third kappa shape index (κ3) is 5.16. The van der Waals surface area contributed by atoms with E-state index in [0.29, 0.717) is 5.57 Å². The van der Waals surface area contributed by atoms with E-state index in [4.69, 9.17) is 5.11 Å². The van der Waals surface area contributed by atoms with Gasteiger partial charge in [0, 0.05) is 11.5 Å². The van der Waals surface area contributed by atoms with E-state index < -0.39 is 47.1 Å². The van der Waals surface area contributed by atoms with Gasteiger partial charge in [-0.2, -0.15) is 0 Å². The van der Waals surface area contributed by atoms with Gasteiger partial charge < -0.3 is 20.6 Å². The Morgan fingerprint density at radius 1 is 1.34 bits per heavy atom. The Bertz CT molecular complexity index is 1240. The molecule has 4 rings (SSSR count). The monoisotopic (exact) mass is 523 g/mol. The van der Waals surface area contributed by atoms with Crippen molar-refractivity contribution in [2.45, 2.75) is 29.1 Å². The van der Waals surface area contributed by atoms with Gasteiger partial charge in [-0.3, -0.25) is 24.4 Å². The number of hydrogen-bond donors (Lipinski definition) is 5. The zero-order valence-electron chi connectivity index (χ0n) is 17.7. The third-order valence-corrected chi connectivity index (χ3v) is 7.44. The molecule has 5 N–H and O–H groups in total. The number of H-pyrrole nitrogens is 1. The van der Waals surface area contributed by atoms with Crippen LogP contribution in [0, 0.1) is 5.82 Å². The van der Waals surface area contributed by atoms with E-state index in [1.807, 2.05) is 0 Å². The van der Waals surface area contributed by atoms with Crippen LogP contribution in [0.1, 0.15) is 17.5 Å². The molecule has 0 spiro atoms. The number of fused-ring (bicyclic) bond motifs is 1. The minimum atomic E-state index is -1.70. The number of aliphatic hydroxyl groups excluding tert-OH is 1. The Kier molecular flexibility index (Phi) is 7.09. The van der Waals surface area contributed by atoms with Crippen molar-refractivity contribution in [1.29, 1.82) is 0 Å². The van der Waals surface area contributed by atoms with Crippen LogP contribution in [0.2, 0.25) is 0 Å².